The molecule has 8 heteroatoms. The molecule has 0 spiro atoms. The highest BCUT2D eigenvalue weighted by atomic mass is 16.6. The fourth-order valence-corrected chi connectivity index (χ4v) is 3.44. The number of hydrogen-bond acceptors (Lipinski definition) is 6. The van der Waals surface area contributed by atoms with E-state index in [4.69, 9.17) is 9.37 Å². The maximum atomic E-state index is 9.99. The fraction of sp³-hybridized carbons (Fsp3) is 0.111. The Labute approximate surface area is 146 Å². The second-order valence-electron chi connectivity index (χ2n) is 6.05. The summed E-state index contributed by atoms with van der Waals surface area (Å²) in [5, 5.41) is 29.9. The molecular formula is C18H14N4O4. The Morgan fingerprint density at radius 3 is 2.88 bits per heavy atom. The topological polar surface area (TPSA) is 109 Å². The highest BCUT2D eigenvalue weighted by Crippen LogP contribution is 2.40. The number of aliphatic hydroxyl groups is 1. The van der Waals surface area contributed by atoms with Gasteiger partial charge in [0.25, 0.3) is 0 Å². The number of ether oxygens (including phenoxy) is 1. The van der Waals surface area contributed by atoms with Crippen molar-refractivity contribution in [3.05, 3.63) is 42.6 Å². The van der Waals surface area contributed by atoms with Gasteiger partial charge in [0, 0.05) is 16.2 Å². The van der Waals surface area contributed by atoms with E-state index in [1.54, 1.807) is 25.1 Å². The normalized spacial score (nSPS) is 13.0. The first kappa shape index (κ1) is 14.8. The number of H-pyrrole nitrogens is 1. The Balaban J connectivity index is 1.96. The van der Waals surface area contributed by atoms with Crippen LogP contribution in [0.4, 0.5) is 0 Å². The summed E-state index contributed by atoms with van der Waals surface area (Å²) in [5.74, 6) is 1.22. The molecule has 1 unspecified atom stereocenters. The first-order valence-corrected chi connectivity index (χ1v) is 8.04. The van der Waals surface area contributed by atoms with Crippen LogP contribution < -0.4 is 4.74 Å². The van der Waals surface area contributed by atoms with E-state index < -0.39 is 6.29 Å². The van der Waals surface area contributed by atoms with Crippen LogP contribution in [-0.2, 0) is 0 Å². The number of phenolic OH excluding ortho intramolecular Hbond substituents is 1. The molecule has 5 aromatic rings. The van der Waals surface area contributed by atoms with Crippen molar-refractivity contribution in [2.24, 2.45) is 0 Å². The Morgan fingerprint density at radius 2 is 2.12 bits per heavy atom. The summed E-state index contributed by atoms with van der Waals surface area (Å²) in [7, 11) is 0. The number of hydrogen-bond donors (Lipinski definition) is 3. The molecule has 26 heavy (non-hydrogen) atoms. The van der Waals surface area contributed by atoms with Crippen molar-refractivity contribution in [2.75, 3.05) is 0 Å². The van der Waals surface area contributed by atoms with Gasteiger partial charge in [0.05, 0.1) is 11.0 Å². The molecule has 3 aromatic heterocycles. The lowest BCUT2D eigenvalue weighted by molar-refractivity contribution is 0.000746. The molecule has 3 heterocycles. The third-order valence-corrected chi connectivity index (χ3v) is 4.37. The monoisotopic (exact) mass is 350 g/mol. The number of aliphatic hydroxyl groups excluding tert-OH is 1. The van der Waals surface area contributed by atoms with Gasteiger partial charge in [-0.25, -0.2) is 4.63 Å². The quantitative estimate of drug-likeness (QED) is 0.431. The third-order valence-electron chi connectivity index (χ3n) is 4.37. The second-order valence-corrected chi connectivity index (χ2v) is 6.05. The summed E-state index contributed by atoms with van der Waals surface area (Å²) in [6, 6.07) is 10.7. The first-order valence-electron chi connectivity index (χ1n) is 8.04. The lowest BCUT2D eigenvalue weighted by atomic mass is 10.1. The predicted octanol–water partition coefficient (Wildman–Crippen LogP) is 3.07. The Morgan fingerprint density at radius 1 is 1.23 bits per heavy atom. The van der Waals surface area contributed by atoms with Crippen LogP contribution in [0.3, 0.4) is 0 Å². The van der Waals surface area contributed by atoms with Gasteiger partial charge in [0.15, 0.2) is 6.29 Å². The van der Waals surface area contributed by atoms with Crippen LogP contribution in [0, 0.1) is 0 Å². The summed E-state index contributed by atoms with van der Waals surface area (Å²) >= 11 is 0. The molecule has 3 N–H and O–H groups in total. The van der Waals surface area contributed by atoms with Crippen LogP contribution in [0.25, 0.3) is 38.7 Å². The minimum atomic E-state index is -0.939. The number of phenols is 1. The summed E-state index contributed by atoms with van der Waals surface area (Å²) in [6.07, 6.45) is 0.579. The molecular weight excluding hydrogens is 336 g/mol. The number of rotatable bonds is 3. The van der Waals surface area contributed by atoms with Gasteiger partial charge in [-0.05, 0) is 36.3 Å². The Bertz CT molecular complexity index is 1250. The van der Waals surface area contributed by atoms with Gasteiger partial charge in [-0.3, -0.25) is 4.57 Å². The first-order chi connectivity index (χ1) is 12.6. The minimum Gasteiger partial charge on any atom is -0.508 e. The maximum absolute atomic E-state index is 9.99. The molecule has 0 aliphatic rings. The predicted molar refractivity (Wildman–Crippen MR) is 94.5 cm³/mol. The van der Waals surface area contributed by atoms with Crippen molar-refractivity contribution in [2.45, 2.75) is 13.2 Å². The van der Waals surface area contributed by atoms with Crippen LogP contribution in [-0.4, -0.2) is 36.4 Å². The van der Waals surface area contributed by atoms with E-state index in [0.29, 0.717) is 11.6 Å². The van der Waals surface area contributed by atoms with Crippen molar-refractivity contribution in [1.29, 1.82) is 0 Å². The highest BCUT2D eigenvalue weighted by molar-refractivity contribution is 6.22. The van der Waals surface area contributed by atoms with Gasteiger partial charge in [-0.2, -0.15) is 0 Å². The van der Waals surface area contributed by atoms with Gasteiger partial charge in [-0.15, -0.1) is 0 Å². The van der Waals surface area contributed by atoms with Crippen molar-refractivity contribution < 1.29 is 19.6 Å². The van der Waals surface area contributed by atoms with E-state index in [1.165, 1.54) is 6.20 Å². The van der Waals surface area contributed by atoms with E-state index in [0.717, 1.165) is 32.8 Å². The van der Waals surface area contributed by atoms with Crippen LogP contribution >= 0.6 is 0 Å². The zero-order chi connectivity index (χ0) is 17.8. The van der Waals surface area contributed by atoms with Gasteiger partial charge < -0.3 is 19.9 Å². The smallest absolute Gasteiger partial charge is 0.203 e. The van der Waals surface area contributed by atoms with Crippen LogP contribution in [0.1, 0.15) is 6.92 Å². The van der Waals surface area contributed by atoms with Gasteiger partial charge in [-0.1, -0.05) is 17.3 Å². The van der Waals surface area contributed by atoms with Crippen molar-refractivity contribution in [1.82, 2.24) is 19.9 Å². The standard InChI is InChI=1S/C18H14N4O4/c1-9(23)25-14-4-2-3-11-16-12-7-10(24)5-6-13(12)22(15-8-19-26-21-15)18(16)20-17(11)14/h2-9,20,23-24H,1H3. The van der Waals surface area contributed by atoms with E-state index in [2.05, 4.69) is 15.3 Å². The van der Waals surface area contributed by atoms with Gasteiger partial charge >= 0.3 is 0 Å². The molecule has 0 radical (unpaired) electrons. The molecule has 0 bridgehead atoms. The summed E-state index contributed by atoms with van der Waals surface area (Å²) in [6.45, 7) is 1.55. The van der Waals surface area contributed by atoms with E-state index >= 15 is 0 Å². The Hall–Kier alpha value is -3.52. The molecule has 2 aromatic carbocycles. The largest absolute Gasteiger partial charge is 0.508 e. The number of aromatic nitrogens is 4. The Kier molecular flexibility index (Phi) is 2.98. The summed E-state index contributed by atoms with van der Waals surface area (Å²) in [4.78, 5) is 3.35. The molecule has 0 fully saturated rings. The van der Waals surface area contributed by atoms with E-state index in [1.807, 2.05) is 22.8 Å². The molecule has 5 rings (SSSR count). The lowest BCUT2D eigenvalue weighted by Crippen LogP contribution is -2.09. The van der Waals surface area contributed by atoms with Crippen LogP contribution in [0.2, 0.25) is 0 Å². The van der Waals surface area contributed by atoms with Crippen molar-refractivity contribution in [3.8, 4) is 17.3 Å². The number of para-hydroxylation sites is 1. The van der Waals surface area contributed by atoms with E-state index in [-0.39, 0.29) is 5.75 Å². The van der Waals surface area contributed by atoms with E-state index in [9.17, 15) is 10.2 Å². The summed E-state index contributed by atoms with van der Waals surface area (Å²) < 4.78 is 12.1. The molecule has 0 aliphatic heterocycles. The minimum absolute atomic E-state index is 0.167. The average Bonchev–Trinajstić information content (AvgIpc) is 3.29. The van der Waals surface area contributed by atoms with Gasteiger partial charge in [0.2, 0.25) is 5.82 Å². The molecule has 8 nitrogen and oxygen atoms in total. The zero-order valence-corrected chi connectivity index (χ0v) is 13.7. The van der Waals surface area contributed by atoms with Crippen LogP contribution in [0.5, 0.6) is 11.5 Å². The van der Waals surface area contributed by atoms with Crippen molar-refractivity contribution in [3.63, 3.8) is 0 Å². The molecule has 0 saturated carbocycles. The lowest BCUT2D eigenvalue weighted by Gasteiger charge is -2.09. The fourth-order valence-electron chi connectivity index (χ4n) is 3.44. The number of aromatic amines is 1. The molecule has 130 valence electrons. The third kappa shape index (κ3) is 1.99. The zero-order valence-electron chi connectivity index (χ0n) is 13.7. The molecule has 0 amide bonds. The van der Waals surface area contributed by atoms with Crippen molar-refractivity contribution >= 4 is 32.8 Å². The number of fused-ring (bicyclic) bond motifs is 5. The number of nitrogens with one attached hydrogen (secondary N) is 1. The number of nitrogens with zero attached hydrogens (tertiary/aromatic N) is 3. The second kappa shape index (κ2) is 5.24. The van der Waals surface area contributed by atoms with Gasteiger partial charge in [0.1, 0.15) is 23.3 Å². The highest BCUT2D eigenvalue weighted by Gasteiger charge is 2.20. The SMILES string of the molecule is CC(O)Oc1cccc2c1[nH]c1c2c2cc(O)ccc2n1-c1cnon1. The maximum Gasteiger partial charge on any atom is 0.203 e. The number of aromatic hydroxyl groups is 1. The molecule has 0 saturated heterocycles. The summed E-state index contributed by atoms with van der Waals surface area (Å²) in [5.41, 5.74) is 2.36. The average molecular weight is 350 g/mol. The van der Waals surface area contributed by atoms with Crippen LogP contribution in [0.15, 0.2) is 47.2 Å². The number of benzene rings is 2. The molecule has 0 aliphatic carbocycles. The molecule has 1 atom stereocenters.